The SMILES string of the molecule is CC1(C)CCC(C)(C)c2c1ccc(Oc1ccc3c(c1Cc1ccc(C=O)cc1)C(C)(C)CCC3(C)C)c2Cc1ccc(C=O)cc1. The second-order valence-electron chi connectivity index (χ2n) is 16.6. The van der Waals surface area contributed by atoms with Gasteiger partial charge < -0.3 is 4.74 Å². The summed E-state index contributed by atoms with van der Waals surface area (Å²) in [5.41, 5.74) is 11.9. The van der Waals surface area contributed by atoms with Crippen molar-refractivity contribution < 1.29 is 14.3 Å². The first-order chi connectivity index (χ1) is 22.1. The lowest BCUT2D eigenvalue weighted by atomic mass is 9.61. The van der Waals surface area contributed by atoms with Crippen LogP contribution in [-0.4, -0.2) is 12.6 Å². The molecule has 0 spiro atoms. The summed E-state index contributed by atoms with van der Waals surface area (Å²) in [5, 5.41) is 0. The Balaban J connectivity index is 1.55. The molecule has 0 radical (unpaired) electrons. The van der Waals surface area contributed by atoms with Crippen molar-refractivity contribution in [2.24, 2.45) is 0 Å². The molecule has 0 unspecified atom stereocenters. The summed E-state index contributed by atoms with van der Waals surface area (Å²) < 4.78 is 7.22. The van der Waals surface area contributed by atoms with Gasteiger partial charge in [-0.1, -0.05) is 116 Å². The molecule has 0 atom stereocenters. The molecule has 3 nitrogen and oxygen atoms in total. The molecule has 3 heteroatoms. The molecular weight excluding hydrogens is 576 g/mol. The summed E-state index contributed by atoms with van der Waals surface area (Å²) in [6.45, 7) is 19.0. The van der Waals surface area contributed by atoms with Gasteiger partial charge >= 0.3 is 0 Å². The second kappa shape index (κ2) is 11.9. The first-order valence-corrected chi connectivity index (χ1v) is 17.2. The van der Waals surface area contributed by atoms with E-state index in [1.54, 1.807) is 0 Å². The van der Waals surface area contributed by atoms with Gasteiger partial charge in [0.25, 0.3) is 0 Å². The van der Waals surface area contributed by atoms with Gasteiger partial charge in [0.2, 0.25) is 0 Å². The van der Waals surface area contributed by atoms with Gasteiger partial charge in [-0.2, -0.15) is 0 Å². The minimum atomic E-state index is -0.00663. The van der Waals surface area contributed by atoms with E-state index in [1.807, 2.05) is 24.3 Å². The van der Waals surface area contributed by atoms with Crippen LogP contribution in [0, 0.1) is 0 Å². The van der Waals surface area contributed by atoms with Crippen molar-refractivity contribution >= 4 is 12.6 Å². The Bertz CT molecular complexity index is 1680. The van der Waals surface area contributed by atoms with Gasteiger partial charge in [0.05, 0.1) is 0 Å². The summed E-state index contributed by atoms with van der Waals surface area (Å²) in [4.78, 5) is 22.9. The van der Waals surface area contributed by atoms with Gasteiger partial charge in [0, 0.05) is 35.1 Å². The maximum Gasteiger partial charge on any atom is 0.150 e. The third kappa shape index (κ3) is 6.22. The van der Waals surface area contributed by atoms with Crippen LogP contribution in [0.1, 0.15) is 146 Å². The van der Waals surface area contributed by atoms with Crippen molar-refractivity contribution in [2.45, 2.75) is 116 Å². The van der Waals surface area contributed by atoms with E-state index in [2.05, 4.69) is 104 Å². The Morgan fingerprint density at radius 1 is 0.489 bits per heavy atom. The summed E-state index contributed by atoms with van der Waals surface area (Å²) in [5.74, 6) is 1.80. The Morgan fingerprint density at radius 3 is 1.17 bits per heavy atom. The van der Waals surface area contributed by atoms with E-state index in [-0.39, 0.29) is 21.7 Å². The quantitative estimate of drug-likeness (QED) is 0.183. The number of carbonyl (C=O) groups is 2. The average Bonchev–Trinajstić information content (AvgIpc) is 3.03. The highest BCUT2D eigenvalue weighted by Gasteiger charge is 2.41. The highest BCUT2D eigenvalue weighted by molar-refractivity contribution is 5.75. The van der Waals surface area contributed by atoms with E-state index in [4.69, 9.17) is 4.74 Å². The van der Waals surface area contributed by atoms with Crippen LogP contribution in [0.2, 0.25) is 0 Å². The normalized spacial score (nSPS) is 18.5. The van der Waals surface area contributed by atoms with Crippen molar-refractivity contribution in [2.75, 3.05) is 0 Å². The number of hydrogen-bond donors (Lipinski definition) is 0. The molecule has 244 valence electrons. The third-order valence-corrected chi connectivity index (χ3v) is 11.3. The van der Waals surface area contributed by atoms with E-state index < -0.39 is 0 Å². The van der Waals surface area contributed by atoms with Gasteiger partial charge in [-0.25, -0.2) is 0 Å². The van der Waals surface area contributed by atoms with E-state index in [9.17, 15) is 9.59 Å². The van der Waals surface area contributed by atoms with Gasteiger partial charge in [-0.15, -0.1) is 0 Å². The average molecular weight is 627 g/mol. The van der Waals surface area contributed by atoms with Crippen LogP contribution in [0.25, 0.3) is 0 Å². The molecule has 0 saturated carbocycles. The molecule has 2 aliphatic rings. The molecule has 6 rings (SSSR count). The molecule has 0 aromatic heterocycles. The molecule has 0 fully saturated rings. The fourth-order valence-corrected chi connectivity index (χ4v) is 8.20. The third-order valence-electron chi connectivity index (χ3n) is 11.3. The Kier molecular flexibility index (Phi) is 8.35. The number of rotatable bonds is 8. The molecule has 0 amide bonds. The minimum Gasteiger partial charge on any atom is -0.457 e. The second-order valence-corrected chi connectivity index (χ2v) is 16.6. The number of fused-ring (bicyclic) bond motifs is 2. The van der Waals surface area contributed by atoms with E-state index in [0.29, 0.717) is 11.1 Å². The van der Waals surface area contributed by atoms with Crippen LogP contribution < -0.4 is 4.74 Å². The lowest BCUT2D eigenvalue weighted by molar-refractivity contribution is 0.111. The zero-order valence-electron chi connectivity index (χ0n) is 29.6. The summed E-state index contributed by atoms with van der Waals surface area (Å²) in [6.07, 6.45) is 7.76. The number of aldehydes is 2. The molecule has 0 N–H and O–H groups in total. The molecule has 0 heterocycles. The summed E-state index contributed by atoms with van der Waals surface area (Å²) in [6, 6.07) is 25.0. The van der Waals surface area contributed by atoms with Gasteiger partial charge in [0.1, 0.15) is 24.1 Å². The fourth-order valence-electron chi connectivity index (χ4n) is 8.20. The van der Waals surface area contributed by atoms with Crippen molar-refractivity contribution in [3.63, 3.8) is 0 Å². The molecule has 0 bridgehead atoms. The van der Waals surface area contributed by atoms with Crippen LogP contribution in [-0.2, 0) is 34.5 Å². The van der Waals surface area contributed by atoms with E-state index in [1.165, 1.54) is 33.4 Å². The maximum absolute atomic E-state index is 11.4. The smallest absolute Gasteiger partial charge is 0.150 e. The molecular formula is C44H50O3. The Labute approximate surface area is 281 Å². The first-order valence-electron chi connectivity index (χ1n) is 17.2. The monoisotopic (exact) mass is 626 g/mol. The molecule has 0 aliphatic heterocycles. The van der Waals surface area contributed by atoms with Crippen molar-refractivity contribution in [3.8, 4) is 11.5 Å². The molecule has 4 aromatic rings. The van der Waals surface area contributed by atoms with Gasteiger partial charge in [0.15, 0.2) is 0 Å². The number of ether oxygens (including phenoxy) is 1. The fraction of sp³-hybridized carbons (Fsp3) is 0.409. The Hall–Kier alpha value is -3.98. The highest BCUT2D eigenvalue weighted by atomic mass is 16.5. The number of carbonyl (C=O) groups excluding carboxylic acids is 2. The highest BCUT2D eigenvalue weighted by Crippen LogP contribution is 2.52. The number of hydrogen-bond acceptors (Lipinski definition) is 3. The lowest BCUT2D eigenvalue weighted by Crippen LogP contribution is -2.35. The molecule has 47 heavy (non-hydrogen) atoms. The van der Waals surface area contributed by atoms with Crippen LogP contribution in [0.3, 0.4) is 0 Å². The van der Waals surface area contributed by atoms with Crippen molar-refractivity contribution in [1.29, 1.82) is 0 Å². The predicted molar refractivity (Wildman–Crippen MR) is 193 cm³/mol. The summed E-state index contributed by atoms with van der Waals surface area (Å²) >= 11 is 0. The first kappa shape index (κ1) is 32.9. The van der Waals surface area contributed by atoms with Crippen LogP contribution >= 0.6 is 0 Å². The van der Waals surface area contributed by atoms with Crippen LogP contribution in [0.4, 0.5) is 0 Å². The van der Waals surface area contributed by atoms with Crippen LogP contribution in [0.15, 0.2) is 72.8 Å². The zero-order chi connectivity index (χ0) is 33.8. The van der Waals surface area contributed by atoms with Crippen molar-refractivity contribution in [1.82, 2.24) is 0 Å². The number of benzene rings is 4. The van der Waals surface area contributed by atoms with Crippen molar-refractivity contribution in [3.05, 3.63) is 128 Å². The molecule has 4 aromatic carbocycles. The standard InChI is InChI=1S/C44H50O3/c1-41(2)21-23-43(5,6)39-33(25-29-9-13-31(27-45)14-10-29)37(19-17-35(39)41)47-38-20-18-36-40(44(7,8)24-22-42(36,3)4)34(38)26-30-11-15-32(28-46)16-12-30/h9-20,27-28H,21-26H2,1-8H3. The van der Waals surface area contributed by atoms with Gasteiger partial charge in [-0.3, -0.25) is 9.59 Å². The van der Waals surface area contributed by atoms with E-state index >= 15 is 0 Å². The minimum absolute atomic E-state index is 0.00663. The molecule has 0 saturated heterocycles. The van der Waals surface area contributed by atoms with E-state index in [0.717, 1.165) is 73.7 Å². The maximum atomic E-state index is 11.4. The van der Waals surface area contributed by atoms with Crippen LogP contribution in [0.5, 0.6) is 11.5 Å². The van der Waals surface area contributed by atoms with Gasteiger partial charge in [-0.05, 0) is 92.9 Å². The predicted octanol–water partition coefficient (Wildman–Crippen LogP) is 11.0. The summed E-state index contributed by atoms with van der Waals surface area (Å²) in [7, 11) is 0. The zero-order valence-corrected chi connectivity index (χ0v) is 29.6. The lowest BCUT2D eigenvalue weighted by Gasteiger charge is -2.44. The largest absolute Gasteiger partial charge is 0.457 e. The molecule has 2 aliphatic carbocycles. The topological polar surface area (TPSA) is 43.4 Å². The Morgan fingerprint density at radius 2 is 0.830 bits per heavy atom.